The molecule has 1 N–H and O–H groups in total. The highest BCUT2D eigenvalue weighted by Crippen LogP contribution is 2.35. The van der Waals surface area contributed by atoms with Crippen molar-refractivity contribution in [1.82, 2.24) is 19.9 Å². The zero-order valence-electron chi connectivity index (χ0n) is 17.4. The Morgan fingerprint density at radius 2 is 1.87 bits per heavy atom. The number of carbonyl (C=O) groups excluding carboxylic acids is 1. The number of urea groups is 1. The average Bonchev–Trinajstić information content (AvgIpc) is 3.25. The number of hydrogen-bond donors (Lipinski definition) is 1. The SMILES string of the molecule is CC1CN(c2ncnc3c2C=C(c2ccncc2)C3)CCN1C(=O)Nc1ccccc1. The smallest absolute Gasteiger partial charge is 0.322 e. The summed E-state index contributed by atoms with van der Waals surface area (Å²) in [7, 11) is 0. The summed E-state index contributed by atoms with van der Waals surface area (Å²) in [6, 6.07) is 13.6. The van der Waals surface area contributed by atoms with Crippen molar-refractivity contribution in [3.8, 4) is 0 Å². The molecular weight excluding hydrogens is 388 g/mol. The van der Waals surface area contributed by atoms with Crippen LogP contribution in [0.3, 0.4) is 0 Å². The van der Waals surface area contributed by atoms with Gasteiger partial charge in [0.25, 0.3) is 0 Å². The fraction of sp³-hybridized carbons (Fsp3) is 0.250. The van der Waals surface area contributed by atoms with Gasteiger partial charge in [-0.2, -0.15) is 0 Å². The highest BCUT2D eigenvalue weighted by molar-refractivity contribution is 5.91. The Hall–Kier alpha value is -3.74. The fourth-order valence-corrected chi connectivity index (χ4v) is 4.29. The molecule has 0 radical (unpaired) electrons. The molecule has 1 aliphatic carbocycles. The third kappa shape index (κ3) is 3.86. The second kappa shape index (κ2) is 8.18. The van der Waals surface area contributed by atoms with Gasteiger partial charge in [0.1, 0.15) is 12.1 Å². The van der Waals surface area contributed by atoms with Gasteiger partial charge < -0.3 is 15.1 Å². The van der Waals surface area contributed by atoms with Crippen molar-refractivity contribution in [2.75, 3.05) is 29.9 Å². The van der Waals surface area contributed by atoms with E-state index in [1.54, 1.807) is 6.33 Å². The molecule has 156 valence electrons. The van der Waals surface area contributed by atoms with E-state index in [9.17, 15) is 4.79 Å². The molecule has 1 fully saturated rings. The van der Waals surface area contributed by atoms with Crippen LogP contribution in [0.1, 0.15) is 23.7 Å². The molecular formula is C24H24N6O. The highest BCUT2D eigenvalue weighted by Gasteiger charge is 2.30. The standard InChI is InChI=1S/C24H24N6O/c1-17-15-29(11-12-30(17)24(31)28-20-5-3-2-4-6-20)23-21-13-19(14-22(21)26-16-27-23)18-7-9-25-10-8-18/h2-10,13,16-17H,11-12,14-15H2,1H3,(H,28,31). The number of nitrogens with one attached hydrogen (secondary N) is 1. The molecule has 7 heteroatoms. The van der Waals surface area contributed by atoms with Gasteiger partial charge in [-0.25, -0.2) is 14.8 Å². The number of carbonyl (C=O) groups is 1. The van der Waals surface area contributed by atoms with Crippen molar-refractivity contribution >= 4 is 29.2 Å². The summed E-state index contributed by atoms with van der Waals surface area (Å²) in [5, 5.41) is 2.99. The maximum Gasteiger partial charge on any atom is 0.322 e. The Morgan fingerprint density at radius 3 is 2.65 bits per heavy atom. The van der Waals surface area contributed by atoms with Crippen LogP contribution in [-0.2, 0) is 6.42 Å². The summed E-state index contributed by atoms with van der Waals surface area (Å²) in [5.74, 6) is 0.948. The molecule has 1 unspecified atom stereocenters. The quantitative estimate of drug-likeness (QED) is 0.710. The lowest BCUT2D eigenvalue weighted by atomic mass is 10.1. The minimum Gasteiger partial charge on any atom is -0.352 e. The predicted molar refractivity (Wildman–Crippen MR) is 122 cm³/mol. The van der Waals surface area contributed by atoms with Crippen LogP contribution in [0.5, 0.6) is 0 Å². The number of benzene rings is 1. The van der Waals surface area contributed by atoms with Gasteiger partial charge >= 0.3 is 6.03 Å². The first-order valence-electron chi connectivity index (χ1n) is 10.5. The molecule has 0 spiro atoms. The van der Waals surface area contributed by atoms with Gasteiger partial charge in [-0.05, 0) is 48.4 Å². The van der Waals surface area contributed by atoms with E-state index in [2.05, 4.69) is 38.2 Å². The number of para-hydroxylation sites is 1. The van der Waals surface area contributed by atoms with Gasteiger partial charge in [0.15, 0.2) is 0 Å². The first-order chi connectivity index (χ1) is 15.2. The predicted octanol–water partition coefficient (Wildman–Crippen LogP) is 3.71. The zero-order valence-corrected chi connectivity index (χ0v) is 17.4. The van der Waals surface area contributed by atoms with E-state index in [4.69, 9.17) is 0 Å². The van der Waals surface area contributed by atoms with Gasteiger partial charge in [-0.3, -0.25) is 4.98 Å². The Bertz CT molecular complexity index is 1120. The molecule has 1 aliphatic heterocycles. The molecule has 2 aliphatic rings. The van der Waals surface area contributed by atoms with Crippen molar-refractivity contribution < 1.29 is 4.79 Å². The summed E-state index contributed by atoms with van der Waals surface area (Å²) >= 11 is 0. The number of amides is 2. The van der Waals surface area contributed by atoms with Crippen LogP contribution in [0.15, 0.2) is 61.2 Å². The molecule has 3 aromatic rings. The number of nitrogens with zero attached hydrogens (tertiary/aromatic N) is 5. The van der Waals surface area contributed by atoms with Crippen LogP contribution in [0.4, 0.5) is 16.3 Å². The largest absolute Gasteiger partial charge is 0.352 e. The number of fused-ring (bicyclic) bond motifs is 1. The van der Waals surface area contributed by atoms with Gasteiger partial charge in [0.05, 0.1) is 5.69 Å². The van der Waals surface area contributed by atoms with Crippen molar-refractivity contribution in [2.45, 2.75) is 19.4 Å². The number of allylic oxidation sites excluding steroid dienone is 1. The van der Waals surface area contributed by atoms with Gasteiger partial charge in [-0.1, -0.05) is 18.2 Å². The minimum absolute atomic E-state index is 0.0631. The average molecular weight is 412 g/mol. The summed E-state index contributed by atoms with van der Waals surface area (Å²) in [5.41, 5.74) is 5.34. The lowest BCUT2D eigenvalue weighted by Crippen LogP contribution is -2.55. The molecule has 0 saturated carbocycles. The Balaban J connectivity index is 1.32. The normalized spacial score (nSPS) is 17.8. The molecule has 1 saturated heterocycles. The molecule has 1 atom stereocenters. The number of piperazine rings is 1. The first-order valence-corrected chi connectivity index (χ1v) is 10.5. The van der Waals surface area contributed by atoms with Crippen molar-refractivity contribution in [2.24, 2.45) is 0 Å². The van der Waals surface area contributed by atoms with Crippen molar-refractivity contribution in [3.63, 3.8) is 0 Å². The van der Waals surface area contributed by atoms with Crippen LogP contribution in [0, 0.1) is 0 Å². The Kier molecular flexibility index (Phi) is 5.08. The first kappa shape index (κ1) is 19.2. The van der Waals surface area contributed by atoms with Crippen LogP contribution >= 0.6 is 0 Å². The van der Waals surface area contributed by atoms with Crippen LogP contribution in [0.2, 0.25) is 0 Å². The monoisotopic (exact) mass is 412 g/mol. The maximum atomic E-state index is 12.8. The van der Waals surface area contributed by atoms with E-state index in [1.807, 2.05) is 59.8 Å². The van der Waals surface area contributed by atoms with Gasteiger partial charge in [-0.15, -0.1) is 0 Å². The molecule has 0 bridgehead atoms. The summed E-state index contributed by atoms with van der Waals surface area (Å²) < 4.78 is 0. The van der Waals surface area contributed by atoms with E-state index in [-0.39, 0.29) is 12.1 Å². The third-order valence-corrected chi connectivity index (χ3v) is 5.89. The molecule has 2 amide bonds. The number of hydrogen-bond acceptors (Lipinski definition) is 5. The van der Waals surface area contributed by atoms with E-state index < -0.39 is 0 Å². The number of anilines is 2. The van der Waals surface area contributed by atoms with E-state index in [0.717, 1.165) is 47.8 Å². The second-order valence-electron chi connectivity index (χ2n) is 7.92. The van der Waals surface area contributed by atoms with E-state index in [0.29, 0.717) is 6.54 Å². The highest BCUT2D eigenvalue weighted by atomic mass is 16.2. The third-order valence-electron chi connectivity index (χ3n) is 5.89. The van der Waals surface area contributed by atoms with Crippen LogP contribution in [-0.4, -0.2) is 51.6 Å². The topological polar surface area (TPSA) is 74.2 Å². The Morgan fingerprint density at radius 1 is 1.06 bits per heavy atom. The lowest BCUT2D eigenvalue weighted by molar-refractivity contribution is 0.184. The molecule has 7 nitrogen and oxygen atoms in total. The Labute approximate surface area is 181 Å². The zero-order chi connectivity index (χ0) is 21.2. The maximum absolute atomic E-state index is 12.8. The molecule has 1 aromatic carbocycles. The summed E-state index contributed by atoms with van der Waals surface area (Å²) in [6.45, 7) is 4.18. The van der Waals surface area contributed by atoms with Crippen molar-refractivity contribution in [3.05, 3.63) is 78.0 Å². The molecule has 3 heterocycles. The molecule has 5 rings (SSSR count). The van der Waals surface area contributed by atoms with Crippen molar-refractivity contribution in [1.29, 1.82) is 0 Å². The number of pyridine rings is 1. The molecule has 2 aromatic heterocycles. The second-order valence-corrected chi connectivity index (χ2v) is 7.92. The minimum atomic E-state index is -0.0638. The summed E-state index contributed by atoms with van der Waals surface area (Å²) in [6.07, 6.45) is 8.26. The number of rotatable bonds is 3. The number of aromatic nitrogens is 3. The van der Waals surface area contributed by atoms with Crippen LogP contribution in [0.25, 0.3) is 11.6 Å². The molecule has 31 heavy (non-hydrogen) atoms. The van der Waals surface area contributed by atoms with Gasteiger partial charge in [0.2, 0.25) is 0 Å². The lowest BCUT2D eigenvalue weighted by Gasteiger charge is -2.40. The van der Waals surface area contributed by atoms with Crippen LogP contribution < -0.4 is 10.2 Å². The summed E-state index contributed by atoms with van der Waals surface area (Å²) in [4.78, 5) is 30.2. The van der Waals surface area contributed by atoms with Gasteiger partial charge in [0, 0.05) is 55.7 Å². The van der Waals surface area contributed by atoms with E-state index in [1.165, 1.54) is 5.57 Å². The fourth-order valence-electron chi connectivity index (χ4n) is 4.29. The van der Waals surface area contributed by atoms with E-state index >= 15 is 0 Å².